The number of aromatic nitrogens is 1. The zero-order chi connectivity index (χ0) is 19.6. The molecular formula is C20H22ClN3O3. The van der Waals surface area contributed by atoms with Gasteiger partial charge in [0.2, 0.25) is 11.8 Å². The van der Waals surface area contributed by atoms with E-state index in [1.54, 1.807) is 41.4 Å². The Morgan fingerprint density at radius 2 is 2.07 bits per heavy atom. The standard InChI is InChI=1S/C20H22ClN3O3/c1-13(2)22-18-6-4-5-9-23(18)20(26)14-10-19(25)24(12-14)16-11-15(21)7-8-17(16)27-3/h4-9,11,13-14H,10,12H2,1-3H3. The molecule has 1 saturated heterocycles. The van der Waals surface area contributed by atoms with Gasteiger partial charge in [-0.2, -0.15) is 0 Å². The molecule has 1 unspecified atom stereocenters. The lowest BCUT2D eigenvalue weighted by Gasteiger charge is -2.20. The third-order valence-electron chi connectivity index (χ3n) is 4.37. The second-order valence-electron chi connectivity index (χ2n) is 6.71. The number of methoxy groups -OCH3 is 1. The highest BCUT2D eigenvalue weighted by Gasteiger charge is 2.37. The summed E-state index contributed by atoms with van der Waals surface area (Å²) in [6.45, 7) is 4.18. The first kappa shape index (κ1) is 19.2. The molecule has 0 saturated carbocycles. The van der Waals surface area contributed by atoms with Crippen LogP contribution in [-0.4, -0.2) is 36.1 Å². The lowest BCUT2D eigenvalue weighted by Crippen LogP contribution is -2.34. The van der Waals surface area contributed by atoms with Gasteiger partial charge in [0.25, 0.3) is 0 Å². The van der Waals surface area contributed by atoms with Gasteiger partial charge in [-0.1, -0.05) is 17.7 Å². The van der Waals surface area contributed by atoms with Gasteiger partial charge in [0.05, 0.1) is 18.7 Å². The van der Waals surface area contributed by atoms with E-state index in [4.69, 9.17) is 16.3 Å². The van der Waals surface area contributed by atoms with Gasteiger partial charge in [-0.25, -0.2) is 0 Å². The van der Waals surface area contributed by atoms with Crippen LogP contribution in [0.15, 0.2) is 47.6 Å². The molecule has 1 aromatic heterocycles. The summed E-state index contributed by atoms with van der Waals surface area (Å²) in [7, 11) is 1.54. The van der Waals surface area contributed by atoms with Crippen LogP contribution in [0, 0.1) is 5.92 Å². The number of hydrogen-bond donors (Lipinski definition) is 0. The monoisotopic (exact) mass is 387 g/mol. The molecule has 2 heterocycles. The van der Waals surface area contributed by atoms with Crippen LogP contribution in [0.1, 0.15) is 25.1 Å². The van der Waals surface area contributed by atoms with Crippen LogP contribution in [0.5, 0.6) is 5.75 Å². The van der Waals surface area contributed by atoms with Crippen LogP contribution in [0.4, 0.5) is 5.69 Å². The maximum absolute atomic E-state index is 13.1. The Morgan fingerprint density at radius 3 is 2.78 bits per heavy atom. The summed E-state index contributed by atoms with van der Waals surface area (Å²) in [6.07, 6.45) is 1.83. The Bertz CT molecular complexity index is 936. The fourth-order valence-electron chi connectivity index (χ4n) is 3.17. The van der Waals surface area contributed by atoms with E-state index in [1.807, 2.05) is 19.9 Å². The number of carbonyl (C=O) groups is 2. The number of hydrogen-bond acceptors (Lipinski definition) is 4. The molecule has 1 aromatic carbocycles. The topological polar surface area (TPSA) is 63.9 Å². The van der Waals surface area contributed by atoms with Gasteiger partial charge < -0.3 is 9.64 Å². The zero-order valence-corrected chi connectivity index (χ0v) is 16.3. The van der Waals surface area contributed by atoms with Gasteiger partial charge in [-0.15, -0.1) is 0 Å². The first-order valence-electron chi connectivity index (χ1n) is 8.80. The Labute approximate surface area is 163 Å². The molecule has 2 aromatic rings. The number of benzene rings is 1. The quantitative estimate of drug-likeness (QED) is 0.809. The Hall–Kier alpha value is -2.60. The van der Waals surface area contributed by atoms with Crippen molar-refractivity contribution in [1.29, 1.82) is 0 Å². The van der Waals surface area contributed by atoms with Crippen LogP contribution in [0.3, 0.4) is 0 Å². The molecule has 3 rings (SSSR count). The Balaban J connectivity index is 1.91. The molecule has 1 amide bonds. The lowest BCUT2D eigenvalue weighted by atomic mass is 10.1. The minimum atomic E-state index is -0.463. The van der Waals surface area contributed by atoms with Gasteiger partial charge in [0, 0.05) is 30.2 Å². The van der Waals surface area contributed by atoms with Crippen LogP contribution in [0.2, 0.25) is 5.02 Å². The third-order valence-corrected chi connectivity index (χ3v) is 4.61. The summed E-state index contributed by atoms with van der Waals surface area (Å²) in [5, 5.41) is 0.504. The third kappa shape index (κ3) is 4.06. The first-order valence-corrected chi connectivity index (χ1v) is 9.18. The molecule has 0 aliphatic carbocycles. The fraction of sp³-hybridized carbons (Fsp3) is 0.350. The molecule has 1 atom stereocenters. The molecule has 0 spiro atoms. The number of carbonyl (C=O) groups excluding carboxylic acids is 2. The van der Waals surface area contributed by atoms with Crippen molar-refractivity contribution in [3.8, 4) is 5.75 Å². The maximum atomic E-state index is 13.1. The average molecular weight is 388 g/mol. The van der Waals surface area contributed by atoms with E-state index in [1.165, 1.54) is 11.7 Å². The minimum Gasteiger partial charge on any atom is -0.495 e. The Morgan fingerprint density at radius 1 is 1.30 bits per heavy atom. The fourth-order valence-corrected chi connectivity index (χ4v) is 3.33. The zero-order valence-electron chi connectivity index (χ0n) is 15.6. The van der Waals surface area contributed by atoms with Crippen molar-refractivity contribution in [3.63, 3.8) is 0 Å². The van der Waals surface area contributed by atoms with E-state index >= 15 is 0 Å². The second-order valence-corrected chi connectivity index (χ2v) is 7.15. The smallest absolute Gasteiger partial charge is 0.237 e. The summed E-state index contributed by atoms with van der Waals surface area (Å²) < 4.78 is 6.87. The number of halogens is 1. The highest BCUT2D eigenvalue weighted by atomic mass is 35.5. The molecular weight excluding hydrogens is 366 g/mol. The number of nitrogens with zero attached hydrogens (tertiary/aromatic N) is 3. The van der Waals surface area contributed by atoms with E-state index in [9.17, 15) is 9.59 Å². The summed E-state index contributed by atoms with van der Waals surface area (Å²) in [6, 6.07) is 10.6. The summed E-state index contributed by atoms with van der Waals surface area (Å²) in [5.41, 5.74) is 1.17. The van der Waals surface area contributed by atoms with Crippen LogP contribution in [0.25, 0.3) is 0 Å². The van der Waals surface area contributed by atoms with Gasteiger partial charge in [-0.3, -0.25) is 19.1 Å². The molecule has 1 aliphatic rings. The number of anilines is 1. The van der Waals surface area contributed by atoms with Crippen LogP contribution in [-0.2, 0) is 4.79 Å². The first-order chi connectivity index (χ1) is 12.9. The summed E-state index contributed by atoms with van der Waals surface area (Å²) in [4.78, 5) is 31.7. The van der Waals surface area contributed by atoms with Gasteiger partial charge >= 0.3 is 0 Å². The van der Waals surface area contributed by atoms with Crippen LogP contribution < -0.4 is 15.1 Å². The molecule has 7 heteroatoms. The predicted octanol–water partition coefficient (Wildman–Crippen LogP) is 3.15. The van der Waals surface area contributed by atoms with E-state index in [2.05, 4.69) is 4.99 Å². The van der Waals surface area contributed by atoms with Crippen molar-refractivity contribution < 1.29 is 14.3 Å². The number of rotatable bonds is 4. The van der Waals surface area contributed by atoms with Crippen molar-refractivity contribution in [2.45, 2.75) is 26.3 Å². The van der Waals surface area contributed by atoms with E-state index in [0.717, 1.165) is 0 Å². The molecule has 0 N–H and O–H groups in total. The number of amides is 1. The van der Waals surface area contributed by atoms with Crippen molar-refractivity contribution in [2.75, 3.05) is 18.6 Å². The highest BCUT2D eigenvalue weighted by molar-refractivity contribution is 6.31. The molecule has 142 valence electrons. The molecule has 6 nitrogen and oxygen atoms in total. The van der Waals surface area contributed by atoms with Gasteiger partial charge in [-0.05, 0) is 44.2 Å². The van der Waals surface area contributed by atoms with E-state index in [-0.39, 0.29) is 30.8 Å². The van der Waals surface area contributed by atoms with Crippen LogP contribution >= 0.6 is 11.6 Å². The van der Waals surface area contributed by atoms with Crippen molar-refractivity contribution in [2.24, 2.45) is 10.9 Å². The summed E-state index contributed by atoms with van der Waals surface area (Å²) >= 11 is 6.09. The molecule has 1 aliphatic heterocycles. The lowest BCUT2D eigenvalue weighted by molar-refractivity contribution is -0.117. The van der Waals surface area contributed by atoms with Gasteiger partial charge in [0.1, 0.15) is 11.2 Å². The van der Waals surface area contributed by atoms with Gasteiger partial charge in [0.15, 0.2) is 0 Å². The predicted molar refractivity (Wildman–Crippen MR) is 104 cm³/mol. The van der Waals surface area contributed by atoms with E-state index < -0.39 is 5.92 Å². The second kappa shape index (κ2) is 7.96. The molecule has 0 bridgehead atoms. The summed E-state index contributed by atoms with van der Waals surface area (Å²) in [5.74, 6) is -0.196. The van der Waals surface area contributed by atoms with E-state index in [0.29, 0.717) is 21.9 Å². The van der Waals surface area contributed by atoms with Crippen molar-refractivity contribution in [3.05, 3.63) is 53.1 Å². The van der Waals surface area contributed by atoms with Crippen molar-refractivity contribution in [1.82, 2.24) is 4.57 Å². The maximum Gasteiger partial charge on any atom is 0.237 e. The minimum absolute atomic E-state index is 0.0591. The number of ether oxygens (including phenoxy) is 1. The highest BCUT2D eigenvalue weighted by Crippen LogP contribution is 2.35. The molecule has 0 radical (unpaired) electrons. The van der Waals surface area contributed by atoms with Crippen molar-refractivity contribution >= 4 is 29.1 Å². The molecule has 1 fully saturated rings. The Kier molecular flexibility index (Phi) is 5.65. The SMILES string of the molecule is COc1ccc(Cl)cc1N1CC(C(=O)n2ccccc2=NC(C)C)CC1=O. The largest absolute Gasteiger partial charge is 0.495 e. The average Bonchev–Trinajstić information content (AvgIpc) is 3.02. The molecule has 27 heavy (non-hydrogen) atoms. The normalized spacial score (nSPS) is 17.7. The number of pyridine rings is 1.